The van der Waals surface area contributed by atoms with Crippen LogP contribution in [0.25, 0.3) is 0 Å². The molecule has 0 aliphatic heterocycles. The summed E-state index contributed by atoms with van der Waals surface area (Å²) in [5.41, 5.74) is 7.11. The fourth-order valence-corrected chi connectivity index (χ4v) is 2.03. The zero-order chi connectivity index (χ0) is 14.7. The maximum Gasteiger partial charge on any atom is 0.356 e. The summed E-state index contributed by atoms with van der Waals surface area (Å²) < 4.78 is 5.42. The van der Waals surface area contributed by atoms with Crippen LogP contribution in [-0.2, 0) is 4.74 Å². The molecular formula is C13H11BrClN3O2. The minimum absolute atomic E-state index is 0.169. The molecule has 2 rings (SSSR count). The van der Waals surface area contributed by atoms with Crippen molar-refractivity contribution in [1.82, 2.24) is 4.98 Å². The lowest BCUT2D eigenvalue weighted by Gasteiger charge is -2.11. The predicted molar refractivity (Wildman–Crippen MR) is 82.4 cm³/mol. The molecule has 3 N–H and O–H groups in total. The van der Waals surface area contributed by atoms with E-state index in [1.165, 1.54) is 13.2 Å². The number of hydrogen-bond acceptors (Lipinski definition) is 5. The highest BCUT2D eigenvalue weighted by Crippen LogP contribution is 2.30. The average Bonchev–Trinajstić information content (AvgIpc) is 2.44. The molecule has 1 heterocycles. The van der Waals surface area contributed by atoms with Gasteiger partial charge in [-0.25, -0.2) is 9.78 Å². The van der Waals surface area contributed by atoms with Crippen LogP contribution >= 0.6 is 27.5 Å². The number of rotatable bonds is 3. The van der Waals surface area contributed by atoms with Crippen molar-refractivity contribution in [2.24, 2.45) is 0 Å². The first kappa shape index (κ1) is 14.6. The van der Waals surface area contributed by atoms with Crippen molar-refractivity contribution >= 4 is 50.7 Å². The Morgan fingerprint density at radius 1 is 1.40 bits per heavy atom. The molecule has 0 amide bonds. The third kappa shape index (κ3) is 3.20. The van der Waals surface area contributed by atoms with E-state index in [1.807, 2.05) is 0 Å². The summed E-state index contributed by atoms with van der Waals surface area (Å²) in [6.45, 7) is 0. The summed E-state index contributed by atoms with van der Waals surface area (Å²) >= 11 is 9.33. The van der Waals surface area contributed by atoms with Crippen LogP contribution in [0.15, 0.2) is 34.8 Å². The molecule has 20 heavy (non-hydrogen) atoms. The summed E-state index contributed by atoms with van der Waals surface area (Å²) in [5.74, 6) is -0.172. The number of nitrogens with one attached hydrogen (secondary N) is 1. The summed E-state index contributed by atoms with van der Waals surface area (Å²) in [6, 6.07) is 8.35. The van der Waals surface area contributed by atoms with Crippen molar-refractivity contribution in [3.63, 3.8) is 0 Å². The molecule has 0 bridgehead atoms. The van der Waals surface area contributed by atoms with Crippen LogP contribution in [0.4, 0.5) is 17.2 Å². The van der Waals surface area contributed by atoms with Crippen LogP contribution in [0, 0.1) is 0 Å². The number of nitrogen functional groups attached to an aromatic ring is 1. The molecule has 1 aromatic heterocycles. The van der Waals surface area contributed by atoms with E-state index in [-0.39, 0.29) is 5.69 Å². The molecule has 0 saturated carbocycles. The number of pyridine rings is 1. The Morgan fingerprint density at radius 3 is 2.85 bits per heavy atom. The molecule has 0 atom stereocenters. The summed E-state index contributed by atoms with van der Waals surface area (Å²) in [7, 11) is 1.29. The van der Waals surface area contributed by atoms with Gasteiger partial charge in [0.05, 0.1) is 18.5 Å². The first-order valence-corrected chi connectivity index (χ1v) is 6.75. The molecule has 0 fully saturated rings. The summed E-state index contributed by atoms with van der Waals surface area (Å²) in [5, 5.41) is 3.59. The van der Waals surface area contributed by atoms with Gasteiger partial charge in [0.2, 0.25) is 0 Å². The van der Waals surface area contributed by atoms with Gasteiger partial charge in [-0.1, -0.05) is 11.6 Å². The molecule has 0 aliphatic rings. The molecule has 2 aromatic rings. The standard InChI is InChI=1S/C13H11BrClN3O2/c1-20-13(19)10-5-4-9(16)12(17-10)18-11-6-7(15)2-3-8(11)14/h2-6H,16H2,1H3,(H,17,18). The number of methoxy groups -OCH3 is 1. The first-order chi connectivity index (χ1) is 9.51. The van der Waals surface area contributed by atoms with E-state index in [9.17, 15) is 4.79 Å². The second-order valence-electron chi connectivity index (χ2n) is 3.88. The molecule has 1 aromatic carbocycles. The van der Waals surface area contributed by atoms with Crippen molar-refractivity contribution in [2.45, 2.75) is 0 Å². The molecule has 0 radical (unpaired) electrons. The van der Waals surface area contributed by atoms with E-state index in [1.54, 1.807) is 24.3 Å². The van der Waals surface area contributed by atoms with Crippen LogP contribution < -0.4 is 11.1 Å². The molecule has 5 nitrogen and oxygen atoms in total. The molecule has 0 aliphatic carbocycles. The Kier molecular flexibility index (Phi) is 4.46. The van der Waals surface area contributed by atoms with Gasteiger partial charge >= 0.3 is 5.97 Å². The zero-order valence-corrected chi connectivity index (χ0v) is 12.8. The Labute approximate surface area is 129 Å². The van der Waals surface area contributed by atoms with Gasteiger partial charge in [-0.05, 0) is 46.3 Å². The van der Waals surface area contributed by atoms with Gasteiger partial charge in [0.15, 0.2) is 11.5 Å². The number of anilines is 3. The van der Waals surface area contributed by atoms with Crippen LogP contribution in [0.5, 0.6) is 0 Å². The second-order valence-corrected chi connectivity index (χ2v) is 5.17. The SMILES string of the molecule is COC(=O)c1ccc(N)c(Nc2cc(Cl)ccc2Br)n1. The van der Waals surface area contributed by atoms with Gasteiger partial charge in [-0.3, -0.25) is 0 Å². The lowest BCUT2D eigenvalue weighted by Crippen LogP contribution is -2.08. The van der Waals surface area contributed by atoms with E-state index in [4.69, 9.17) is 17.3 Å². The maximum atomic E-state index is 11.5. The molecule has 104 valence electrons. The van der Waals surface area contributed by atoms with E-state index in [0.29, 0.717) is 22.2 Å². The number of benzene rings is 1. The van der Waals surface area contributed by atoms with Gasteiger partial charge in [0.1, 0.15) is 0 Å². The Balaban J connectivity index is 2.37. The molecule has 0 unspecified atom stereocenters. The van der Waals surface area contributed by atoms with Gasteiger partial charge in [0, 0.05) is 9.50 Å². The van der Waals surface area contributed by atoms with Gasteiger partial charge in [-0.15, -0.1) is 0 Å². The number of nitrogens with zero attached hydrogens (tertiary/aromatic N) is 1. The third-order valence-electron chi connectivity index (χ3n) is 2.50. The number of nitrogens with two attached hydrogens (primary N) is 1. The van der Waals surface area contributed by atoms with Crippen LogP contribution in [0.1, 0.15) is 10.5 Å². The minimum atomic E-state index is -0.529. The number of esters is 1. The van der Waals surface area contributed by atoms with E-state index in [2.05, 4.69) is 31.0 Å². The monoisotopic (exact) mass is 355 g/mol. The van der Waals surface area contributed by atoms with Gasteiger partial charge in [0.25, 0.3) is 0 Å². The quantitative estimate of drug-likeness (QED) is 0.822. The highest BCUT2D eigenvalue weighted by molar-refractivity contribution is 9.10. The number of hydrogen-bond donors (Lipinski definition) is 2. The van der Waals surface area contributed by atoms with Gasteiger partial charge < -0.3 is 15.8 Å². The second kappa shape index (κ2) is 6.11. The summed E-state index contributed by atoms with van der Waals surface area (Å²) in [6.07, 6.45) is 0. The topological polar surface area (TPSA) is 77.2 Å². The zero-order valence-electron chi connectivity index (χ0n) is 10.5. The number of halogens is 2. The maximum absolute atomic E-state index is 11.5. The number of carbonyl (C=O) groups is 1. The van der Waals surface area contributed by atoms with Crippen molar-refractivity contribution in [1.29, 1.82) is 0 Å². The van der Waals surface area contributed by atoms with Crippen molar-refractivity contribution in [3.05, 3.63) is 45.5 Å². The molecule has 7 heteroatoms. The van der Waals surface area contributed by atoms with Crippen molar-refractivity contribution in [2.75, 3.05) is 18.2 Å². The first-order valence-electron chi connectivity index (χ1n) is 5.58. The van der Waals surface area contributed by atoms with Crippen LogP contribution in [0.3, 0.4) is 0 Å². The minimum Gasteiger partial charge on any atom is -0.464 e. The average molecular weight is 357 g/mol. The largest absolute Gasteiger partial charge is 0.464 e. The van der Waals surface area contributed by atoms with E-state index >= 15 is 0 Å². The number of ether oxygens (including phenoxy) is 1. The lowest BCUT2D eigenvalue weighted by molar-refractivity contribution is 0.0594. The molecule has 0 spiro atoms. The molecular weight excluding hydrogens is 346 g/mol. The van der Waals surface area contributed by atoms with Crippen LogP contribution in [0.2, 0.25) is 5.02 Å². The van der Waals surface area contributed by atoms with Crippen molar-refractivity contribution < 1.29 is 9.53 Å². The highest BCUT2D eigenvalue weighted by atomic mass is 79.9. The lowest BCUT2D eigenvalue weighted by atomic mass is 10.3. The smallest absolute Gasteiger partial charge is 0.356 e. The Hall–Kier alpha value is -1.79. The fraction of sp³-hybridized carbons (Fsp3) is 0.0769. The fourth-order valence-electron chi connectivity index (χ4n) is 1.51. The normalized spacial score (nSPS) is 10.2. The predicted octanol–water partition coefficient (Wildman–Crippen LogP) is 3.61. The van der Waals surface area contributed by atoms with E-state index < -0.39 is 5.97 Å². The van der Waals surface area contributed by atoms with Crippen molar-refractivity contribution in [3.8, 4) is 0 Å². The Bertz CT molecular complexity index is 664. The van der Waals surface area contributed by atoms with Crippen LogP contribution in [-0.4, -0.2) is 18.1 Å². The third-order valence-corrected chi connectivity index (χ3v) is 3.43. The number of carbonyl (C=O) groups excluding carboxylic acids is 1. The highest BCUT2D eigenvalue weighted by Gasteiger charge is 2.11. The molecule has 0 saturated heterocycles. The Morgan fingerprint density at radius 2 is 2.15 bits per heavy atom. The van der Waals surface area contributed by atoms with E-state index in [0.717, 1.165) is 4.47 Å². The summed E-state index contributed by atoms with van der Waals surface area (Å²) in [4.78, 5) is 15.6. The number of aromatic nitrogens is 1. The van der Waals surface area contributed by atoms with Gasteiger partial charge in [-0.2, -0.15) is 0 Å².